The van der Waals surface area contributed by atoms with E-state index in [0.29, 0.717) is 18.2 Å². The Morgan fingerprint density at radius 1 is 1.29 bits per heavy atom. The number of hydrogen-bond acceptors (Lipinski definition) is 2. The van der Waals surface area contributed by atoms with Gasteiger partial charge in [0.1, 0.15) is 11.9 Å². The first-order valence-corrected chi connectivity index (χ1v) is 5.29. The monoisotopic (exact) mass is 335 g/mol. The SMILES string of the molecule is Cl.O=C1N[C@H](c2ccc(C(F)(F)F)c(F)c2)C(F)(F)CO1. The maximum absolute atomic E-state index is 13.5. The number of amides is 1. The third kappa shape index (κ3) is 3.52. The van der Waals surface area contributed by atoms with Gasteiger partial charge in [-0.3, -0.25) is 0 Å². The molecular formula is C11H8ClF6NO2. The number of nitrogens with one attached hydrogen (secondary N) is 1. The van der Waals surface area contributed by atoms with Crippen LogP contribution in [0.15, 0.2) is 18.2 Å². The predicted octanol–water partition coefficient (Wildman–Crippen LogP) is 3.68. The zero-order valence-electron chi connectivity index (χ0n) is 10.0. The summed E-state index contributed by atoms with van der Waals surface area (Å²) in [7, 11) is 0. The molecule has 0 spiro atoms. The smallest absolute Gasteiger partial charge is 0.419 e. The van der Waals surface area contributed by atoms with Crippen LogP contribution in [-0.4, -0.2) is 18.6 Å². The molecule has 21 heavy (non-hydrogen) atoms. The Hall–Kier alpha value is -1.64. The standard InChI is InChI=1S/C11H7F6NO2.ClH/c12-7-3-5(1-2-6(7)11(15,16)17)8-10(13,14)4-20-9(19)18-8;/h1-3,8H,4H2,(H,18,19);1H/t8-;/m1./s1. The molecule has 1 fully saturated rings. The van der Waals surface area contributed by atoms with Gasteiger partial charge in [-0.05, 0) is 17.7 Å². The third-order valence-corrected chi connectivity index (χ3v) is 2.71. The van der Waals surface area contributed by atoms with Gasteiger partial charge >= 0.3 is 18.2 Å². The van der Waals surface area contributed by atoms with Crippen molar-refractivity contribution in [2.75, 3.05) is 6.61 Å². The number of carbonyl (C=O) groups is 1. The van der Waals surface area contributed by atoms with E-state index in [1.807, 2.05) is 0 Å². The summed E-state index contributed by atoms with van der Waals surface area (Å²) in [5, 5.41) is 1.75. The number of alkyl carbamates (subject to hydrolysis) is 1. The molecule has 1 aromatic rings. The van der Waals surface area contributed by atoms with Crippen molar-refractivity contribution in [3.05, 3.63) is 35.1 Å². The molecule has 0 radical (unpaired) electrons. The van der Waals surface area contributed by atoms with E-state index in [9.17, 15) is 31.1 Å². The second-order valence-electron chi connectivity index (χ2n) is 4.15. The van der Waals surface area contributed by atoms with Crippen molar-refractivity contribution in [3.63, 3.8) is 0 Å². The number of carbonyl (C=O) groups excluding carboxylic acids is 1. The Balaban J connectivity index is 0.00000220. The first-order chi connectivity index (χ1) is 9.11. The summed E-state index contributed by atoms with van der Waals surface area (Å²) in [6.07, 6.45) is -6.08. The van der Waals surface area contributed by atoms with E-state index in [2.05, 4.69) is 4.74 Å². The van der Waals surface area contributed by atoms with Crippen LogP contribution < -0.4 is 5.32 Å². The number of halogens is 7. The molecule has 0 saturated carbocycles. The molecule has 0 unspecified atom stereocenters. The summed E-state index contributed by atoms with van der Waals surface area (Å²) in [5.74, 6) is -5.24. The van der Waals surface area contributed by atoms with Crippen LogP contribution in [0.2, 0.25) is 0 Å². The molecule has 0 aliphatic carbocycles. The normalized spacial score (nSPS) is 21.0. The van der Waals surface area contributed by atoms with Gasteiger partial charge in [0.15, 0.2) is 6.61 Å². The Morgan fingerprint density at radius 3 is 2.43 bits per heavy atom. The first kappa shape index (κ1) is 17.4. The van der Waals surface area contributed by atoms with Crippen LogP contribution >= 0.6 is 12.4 Å². The fourth-order valence-electron chi connectivity index (χ4n) is 1.78. The maximum atomic E-state index is 13.5. The summed E-state index contributed by atoms with van der Waals surface area (Å²) in [5.41, 5.74) is -2.04. The lowest BCUT2D eigenvalue weighted by atomic mass is 9.98. The Kier molecular flexibility index (Phi) is 4.66. The number of benzene rings is 1. The van der Waals surface area contributed by atoms with Gasteiger partial charge in [-0.25, -0.2) is 18.0 Å². The highest BCUT2D eigenvalue weighted by Gasteiger charge is 2.47. The maximum Gasteiger partial charge on any atom is 0.419 e. The van der Waals surface area contributed by atoms with Crippen LogP contribution in [0.1, 0.15) is 17.2 Å². The highest BCUT2D eigenvalue weighted by Crippen LogP contribution is 2.37. The van der Waals surface area contributed by atoms with E-state index in [1.54, 1.807) is 5.32 Å². The second-order valence-corrected chi connectivity index (χ2v) is 4.15. The molecule has 10 heteroatoms. The van der Waals surface area contributed by atoms with Crippen LogP contribution in [-0.2, 0) is 10.9 Å². The van der Waals surface area contributed by atoms with Crippen molar-refractivity contribution in [2.45, 2.75) is 18.1 Å². The molecule has 1 N–H and O–H groups in total. The molecule has 0 bridgehead atoms. The summed E-state index contributed by atoms with van der Waals surface area (Å²) in [4.78, 5) is 10.9. The Labute approximate surface area is 120 Å². The van der Waals surface area contributed by atoms with E-state index < -0.39 is 47.8 Å². The average molecular weight is 336 g/mol. The molecule has 1 aliphatic heterocycles. The zero-order chi connectivity index (χ0) is 15.1. The number of hydrogen-bond donors (Lipinski definition) is 1. The number of cyclic esters (lactones) is 1. The van der Waals surface area contributed by atoms with Gasteiger partial charge in [0, 0.05) is 0 Å². The highest BCUT2D eigenvalue weighted by molar-refractivity contribution is 5.85. The van der Waals surface area contributed by atoms with E-state index in [0.717, 1.165) is 0 Å². The molecule has 3 nitrogen and oxygen atoms in total. The summed E-state index contributed by atoms with van der Waals surface area (Å²) >= 11 is 0. The van der Waals surface area contributed by atoms with Crippen molar-refractivity contribution in [2.24, 2.45) is 0 Å². The van der Waals surface area contributed by atoms with E-state index in [1.165, 1.54) is 0 Å². The van der Waals surface area contributed by atoms with Gasteiger partial charge in [0.05, 0.1) is 5.56 Å². The van der Waals surface area contributed by atoms with Crippen LogP contribution in [0.3, 0.4) is 0 Å². The van der Waals surface area contributed by atoms with Crippen molar-refractivity contribution in [3.8, 4) is 0 Å². The molecule has 1 heterocycles. The number of alkyl halides is 5. The molecule has 118 valence electrons. The Morgan fingerprint density at radius 2 is 1.90 bits per heavy atom. The quantitative estimate of drug-likeness (QED) is 0.795. The predicted molar refractivity (Wildman–Crippen MR) is 60.8 cm³/mol. The van der Waals surface area contributed by atoms with E-state index in [4.69, 9.17) is 0 Å². The third-order valence-electron chi connectivity index (χ3n) is 2.71. The van der Waals surface area contributed by atoms with Crippen molar-refractivity contribution in [1.29, 1.82) is 0 Å². The molecule has 2 rings (SSSR count). The topological polar surface area (TPSA) is 38.3 Å². The lowest BCUT2D eigenvalue weighted by molar-refractivity contribution is -0.140. The molecular weight excluding hydrogens is 328 g/mol. The van der Waals surface area contributed by atoms with Gasteiger partial charge < -0.3 is 10.1 Å². The van der Waals surface area contributed by atoms with Crippen molar-refractivity contribution >= 4 is 18.5 Å². The fourth-order valence-corrected chi connectivity index (χ4v) is 1.78. The van der Waals surface area contributed by atoms with Crippen LogP contribution in [0.5, 0.6) is 0 Å². The van der Waals surface area contributed by atoms with Gasteiger partial charge in [-0.15, -0.1) is 12.4 Å². The summed E-state index contributed by atoms with van der Waals surface area (Å²) < 4.78 is 81.5. The van der Waals surface area contributed by atoms with E-state index >= 15 is 0 Å². The first-order valence-electron chi connectivity index (χ1n) is 5.29. The summed E-state index contributed by atoms with van der Waals surface area (Å²) in [6.45, 7) is -1.23. The molecule has 1 atom stereocenters. The number of rotatable bonds is 1. The van der Waals surface area contributed by atoms with Crippen LogP contribution in [0, 0.1) is 5.82 Å². The lowest BCUT2D eigenvalue weighted by Gasteiger charge is -2.31. The zero-order valence-corrected chi connectivity index (χ0v) is 10.8. The largest absolute Gasteiger partial charge is 0.443 e. The average Bonchev–Trinajstić information content (AvgIpc) is 2.30. The molecule has 1 saturated heterocycles. The highest BCUT2D eigenvalue weighted by atomic mass is 35.5. The van der Waals surface area contributed by atoms with Gasteiger partial charge in [0.25, 0.3) is 0 Å². The summed E-state index contributed by atoms with van der Waals surface area (Å²) in [6, 6.07) is -0.577. The molecule has 1 amide bonds. The Bertz CT molecular complexity index is 548. The molecule has 1 aliphatic rings. The molecule has 1 aromatic carbocycles. The van der Waals surface area contributed by atoms with Crippen LogP contribution in [0.4, 0.5) is 31.1 Å². The van der Waals surface area contributed by atoms with Gasteiger partial charge in [-0.1, -0.05) is 6.07 Å². The van der Waals surface area contributed by atoms with Gasteiger partial charge in [0.2, 0.25) is 0 Å². The second kappa shape index (κ2) is 5.63. The lowest BCUT2D eigenvalue weighted by Crippen LogP contribution is -2.49. The van der Waals surface area contributed by atoms with Crippen LogP contribution in [0.25, 0.3) is 0 Å². The van der Waals surface area contributed by atoms with Crippen molar-refractivity contribution in [1.82, 2.24) is 5.32 Å². The van der Waals surface area contributed by atoms with E-state index in [-0.39, 0.29) is 12.4 Å². The van der Waals surface area contributed by atoms with Gasteiger partial charge in [-0.2, -0.15) is 13.2 Å². The minimum absolute atomic E-state index is 0. The molecule has 0 aromatic heterocycles. The minimum atomic E-state index is -4.93. The van der Waals surface area contributed by atoms with Crippen molar-refractivity contribution < 1.29 is 35.9 Å². The minimum Gasteiger partial charge on any atom is -0.443 e. The number of ether oxygens (including phenoxy) is 1. The fraction of sp³-hybridized carbons (Fsp3) is 0.364.